The number of fused-ring (bicyclic) bond motifs is 2. The van der Waals surface area contributed by atoms with Gasteiger partial charge in [0.1, 0.15) is 12.4 Å². The van der Waals surface area contributed by atoms with E-state index in [2.05, 4.69) is 44.8 Å². The van der Waals surface area contributed by atoms with Gasteiger partial charge in [0.25, 0.3) is 0 Å². The summed E-state index contributed by atoms with van der Waals surface area (Å²) in [5, 5.41) is 13.8. The van der Waals surface area contributed by atoms with Gasteiger partial charge in [0, 0.05) is 37.7 Å². The second kappa shape index (κ2) is 9.00. The van der Waals surface area contributed by atoms with Crippen LogP contribution in [0.5, 0.6) is 0 Å². The number of pyridine rings is 1. The van der Waals surface area contributed by atoms with E-state index < -0.39 is 0 Å². The van der Waals surface area contributed by atoms with Crippen LogP contribution in [0.2, 0.25) is 0 Å². The van der Waals surface area contributed by atoms with E-state index in [0.29, 0.717) is 13.2 Å². The average molecular weight is 393 g/mol. The number of benzene rings is 1. The molecule has 0 fully saturated rings. The van der Waals surface area contributed by atoms with Crippen molar-refractivity contribution < 1.29 is 4.74 Å². The van der Waals surface area contributed by atoms with Crippen LogP contribution in [0.3, 0.4) is 0 Å². The van der Waals surface area contributed by atoms with E-state index in [1.165, 1.54) is 5.39 Å². The SMILES string of the molecule is CCNC(=NCc1nccc2ccccc12)NC1CCc2nc(COC)nn2C1. The van der Waals surface area contributed by atoms with Crippen LogP contribution in [0.1, 0.15) is 30.7 Å². The molecular formula is C21H27N7O. The predicted molar refractivity (Wildman–Crippen MR) is 113 cm³/mol. The quantitative estimate of drug-likeness (QED) is 0.492. The maximum absolute atomic E-state index is 5.14. The fourth-order valence-electron chi connectivity index (χ4n) is 3.64. The number of aliphatic imine (C=N–C) groups is 1. The molecule has 0 radical (unpaired) electrons. The van der Waals surface area contributed by atoms with Crippen LogP contribution in [0, 0.1) is 0 Å². The molecule has 8 nitrogen and oxygen atoms in total. The van der Waals surface area contributed by atoms with Crippen molar-refractivity contribution in [2.75, 3.05) is 13.7 Å². The molecule has 1 aliphatic heterocycles. The fraction of sp³-hybridized carbons (Fsp3) is 0.429. The van der Waals surface area contributed by atoms with E-state index in [0.717, 1.165) is 54.6 Å². The smallest absolute Gasteiger partial charge is 0.191 e. The molecule has 0 bridgehead atoms. The minimum Gasteiger partial charge on any atom is -0.377 e. The monoisotopic (exact) mass is 393 g/mol. The third-order valence-electron chi connectivity index (χ3n) is 5.00. The summed E-state index contributed by atoms with van der Waals surface area (Å²) in [6.45, 7) is 4.61. The van der Waals surface area contributed by atoms with E-state index in [4.69, 9.17) is 9.73 Å². The first-order valence-electron chi connectivity index (χ1n) is 10.1. The molecule has 1 aliphatic rings. The fourth-order valence-corrected chi connectivity index (χ4v) is 3.64. The molecule has 152 valence electrons. The number of hydrogen-bond donors (Lipinski definition) is 2. The van der Waals surface area contributed by atoms with Gasteiger partial charge in [0.05, 0.1) is 18.8 Å². The van der Waals surface area contributed by atoms with E-state index in [1.54, 1.807) is 7.11 Å². The third-order valence-corrected chi connectivity index (χ3v) is 5.00. The Morgan fingerprint density at radius 3 is 3.07 bits per heavy atom. The Hall–Kier alpha value is -3.00. The summed E-state index contributed by atoms with van der Waals surface area (Å²) in [5.41, 5.74) is 0.978. The molecule has 0 aliphatic carbocycles. The number of nitrogens with one attached hydrogen (secondary N) is 2. The summed E-state index contributed by atoms with van der Waals surface area (Å²) in [4.78, 5) is 13.9. The Labute approximate surface area is 170 Å². The van der Waals surface area contributed by atoms with E-state index in [9.17, 15) is 0 Å². The Morgan fingerprint density at radius 1 is 1.31 bits per heavy atom. The van der Waals surface area contributed by atoms with Crippen LogP contribution >= 0.6 is 0 Å². The number of aryl methyl sites for hydroxylation is 1. The van der Waals surface area contributed by atoms with Crippen LogP contribution in [-0.2, 0) is 30.9 Å². The van der Waals surface area contributed by atoms with Crippen molar-refractivity contribution >= 4 is 16.7 Å². The Balaban J connectivity index is 1.46. The normalized spacial score (nSPS) is 16.6. The molecule has 3 heterocycles. The first kappa shape index (κ1) is 19.3. The van der Waals surface area contributed by atoms with Crippen LogP contribution < -0.4 is 10.6 Å². The van der Waals surface area contributed by atoms with Gasteiger partial charge in [0.2, 0.25) is 0 Å². The van der Waals surface area contributed by atoms with Crippen molar-refractivity contribution in [1.82, 2.24) is 30.4 Å². The standard InChI is InChI=1S/C21H27N7O/c1-3-22-21(24-12-18-17-7-5-4-6-15(17)10-11-23-18)25-16-8-9-20-26-19(14-29-2)27-28(20)13-16/h4-7,10-11,16H,3,8-9,12-14H2,1-2H3,(H2,22,24,25). The second-order valence-corrected chi connectivity index (χ2v) is 7.11. The van der Waals surface area contributed by atoms with Crippen LogP contribution in [-0.4, -0.2) is 45.4 Å². The van der Waals surface area contributed by atoms with Crippen molar-refractivity contribution in [3.8, 4) is 0 Å². The topological polar surface area (TPSA) is 89.2 Å². The lowest BCUT2D eigenvalue weighted by atomic mass is 10.1. The largest absolute Gasteiger partial charge is 0.377 e. The molecule has 1 aromatic carbocycles. The Bertz CT molecular complexity index is 992. The minimum absolute atomic E-state index is 0.248. The molecule has 4 rings (SSSR count). The van der Waals surface area contributed by atoms with Gasteiger partial charge in [-0.15, -0.1) is 0 Å². The second-order valence-electron chi connectivity index (χ2n) is 7.11. The van der Waals surface area contributed by atoms with E-state index in [-0.39, 0.29) is 6.04 Å². The lowest BCUT2D eigenvalue weighted by Crippen LogP contribution is -2.47. The Kier molecular flexibility index (Phi) is 6.00. The summed E-state index contributed by atoms with van der Waals surface area (Å²) in [7, 11) is 1.66. The van der Waals surface area contributed by atoms with Gasteiger partial charge in [-0.3, -0.25) is 4.98 Å². The zero-order valence-electron chi connectivity index (χ0n) is 16.9. The highest BCUT2D eigenvalue weighted by atomic mass is 16.5. The van der Waals surface area contributed by atoms with E-state index >= 15 is 0 Å². The van der Waals surface area contributed by atoms with Gasteiger partial charge in [-0.1, -0.05) is 24.3 Å². The summed E-state index contributed by atoms with van der Waals surface area (Å²) in [6, 6.07) is 10.6. The molecule has 0 spiro atoms. The summed E-state index contributed by atoms with van der Waals surface area (Å²) < 4.78 is 7.12. The molecule has 1 unspecified atom stereocenters. The lowest BCUT2D eigenvalue weighted by molar-refractivity contribution is 0.177. The predicted octanol–water partition coefficient (Wildman–Crippen LogP) is 2.04. The van der Waals surface area contributed by atoms with Gasteiger partial charge < -0.3 is 15.4 Å². The number of guanidine groups is 1. The third kappa shape index (κ3) is 4.54. The number of hydrogen-bond acceptors (Lipinski definition) is 5. The van der Waals surface area contributed by atoms with Crippen molar-refractivity contribution in [2.45, 2.75) is 45.5 Å². The Morgan fingerprint density at radius 2 is 2.21 bits per heavy atom. The molecular weight excluding hydrogens is 366 g/mol. The highest BCUT2D eigenvalue weighted by molar-refractivity contribution is 5.85. The number of nitrogens with zero attached hydrogens (tertiary/aromatic N) is 5. The molecule has 0 amide bonds. The van der Waals surface area contributed by atoms with Crippen molar-refractivity contribution in [1.29, 1.82) is 0 Å². The van der Waals surface area contributed by atoms with Crippen LogP contribution in [0.4, 0.5) is 0 Å². The molecule has 2 N–H and O–H groups in total. The number of methoxy groups -OCH3 is 1. The van der Waals surface area contributed by atoms with Gasteiger partial charge in [-0.25, -0.2) is 14.7 Å². The molecule has 3 aromatic rings. The first-order valence-corrected chi connectivity index (χ1v) is 10.1. The maximum Gasteiger partial charge on any atom is 0.191 e. The molecule has 0 saturated carbocycles. The van der Waals surface area contributed by atoms with Gasteiger partial charge in [-0.2, -0.15) is 5.10 Å². The zero-order chi connectivity index (χ0) is 20.1. The average Bonchev–Trinajstić information content (AvgIpc) is 3.14. The van der Waals surface area contributed by atoms with Crippen molar-refractivity contribution in [2.24, 2.45) is 4.99 Å². The molecule has 29 heavy (non-hydrogen) atoms. The van der Waals surface area contributed by atoms with Crippen LogP contribution in [0.25, 0.3) is 10.8 Å². The molecule has 2 aromatic heterocycles. The molecule has 1 atom stereocenters. The van der Waals surface area contributed by atoms with Gasteiger partial charge >= 0.3 is 0 Å². The van der Waals surface area contributed by atoms with Gasteiger partial charge in [0.15, 0.2) is 11.8 Å². The lowest BCUT2D eigenvalue weighted by Gasteiger charge is -2.25. The van der Waals surface area contributed by atoms with Crippen LogP contribution in [0.15, 0.2) is 41.5 Å². The van der Waals surface area contributed by atoms with Crippen molar-refractivity contribution in [3.63, 3.8) is 0 Å². The zero-order valence-corrected chi connectivity index (χ0v) is 16.9. The highest BCUT2D eigenvalue weighted by Gasteiger charge is 2.22. The summed E-state index contributed by atoms with van der Waals surface area (Å²) >= 11 is 0. The van der Waals surface area contributed by atoms with Gasteiger partial charge in [-0.05, 0) is 24.8 Å². The van der Waals surface area contributed by atoms with E-state index in [1.807, 2.05) is 29.1 Å². The molecule has 0 saturated heterocycles. The summed E-state index contributed by atoms with van der Waals surface area (Å²) in [5.74, 6) is 2.57. The molecule has 8 heteroatoms. The number of ether oxygens (including phenoxy) is 1. The number of aromatic nitrogens is 4. The maximum atomic E-state index is 5.14. The van der Waals surface area contributed by atoms with Crippen molar-refractivity contribution in [3.05, 3.63) is 53.9 Å². The first-order chi connectivity index (χ1) is 14.3. The number of rotatable bonds is 6. The summed E-state index contributed by atoms with van der Waals surface area (Å²) in [6.07, 6.45) is 3.72. The highest BCUT2D eigenvalue weighted by Crippen LogP contribution is 2.17. The minimum atomic E-state index is 0.248.